The lowest BCUT2D eigenvalue weighted by Crippen LogP contribution is -2.44. The molecule has 1 aromatic heterocycles. The number of rotatable bonds is 4. The molecule has 0 bridgehead atoms. The minimum atomic E-state index is -0.0186. The molecular formula is C17H22N2O2. The van der Waals surface area contributed by atoms with E-state index in [1.165, 1.54) is 6.42 Å². The Balaban J connectivity index is 1.82. The molecule has 1 aliphatic heterocycles. The molecule has 3 rings (SSSR count). The number of hydrogen-bond donors (Lipinski definition) is 1. The van der Waals surface area contributed by atoms with Crippen molar-refractivity contribution < 1.29 is 9.21 Å². The predicted octanol–water partition coefficient (Wildman–Crippen LogP) is 3.04. The Hall–Kier alpha value is -1.81. The van der Waals surface area contributed by atoms with E-state index < -0.39 is 0 Å². The Morgan fingerprint density at radius 1 is 1.43 bits per heavy atom. The number of nitrogens with zero attached hydrogens (tertiary/aromatic N) is 1. The fourth-order valence-electron chi connectivity index (χ4n) is 2.91. The SMILES string of the molecule is CC(C)N(CC1CCCN1)C(=O)c1cc2ccccc2o1. The zero-order valence-corrected chi connectivity index (χ0v) is 12.6. The van der Waals surface area contributed by atoms with E-state index in [-0.39, 0.29) is 11.9 Å². The molecule has 1 atom stereocenters. The van der Waals surface area contributed by atoms with Gasteiger partial charge in [0.2, 0.25) is 0 Å². The minimum Gasteiger partial charge on any atom is -0.451 e. The molecule has 1 fully saturated rings. The molecule has 1 aromatic carbocycles. The number of carbonyl (C=O) groups is 1. The van der Waals surface area contributed by atoms with Crippen molar-refractivity contribution in [3.05, 3.63) is 36.1 Å². The highest BCUT2D eigenvalue weighted by Crippen LogP contribution is 2.21. The van der Waals surface area contributed by atoms with Crippen LogP contribution in [0.1, 0.15) is 37.2 Å². The highest BCUT2D eigenvalue weighted by molar-refractivity contribution is 5.96. The largest absolute Gasteiger partial charge is 0.451 e. The molecule has 4 nitrogen and oxygen atoms in total. The third-order valence-electron chi connectivity index (χ3n) is 4.10. The van der Waals surface area contributed by atoms with E-state index in [4.69, 9.17) is 4.42 Å². The molecule has 21 heavy (non-hydrogen) atoms. The van der Waals surface area contributed by atoms with Gasteiger partial charge >= 0.3 is 0 Å². The van der Waals surface area contributed by atoms with Crippen molar-refractivity contribution in [1.82, 2.24) is 10.2 Å². The summed E-state index contributed by atoms with van der Waals surface area (Å²) in [5, 5.41) is 4.43. The molecule has 1 N–H and O–H groups in total. The summed E-state index contributed by atoms with van der Waals surface area (Å²) in [5.74, 6) is 0.415. The number of nitrogens with one attached hydrogen (secondary N) is 1. The average Bonchev–Trinajstić information content (AvgIpc) is 3.12. The van der Waals surface area contributed by atoms with Crippen LogP contribution in [-0.2, 0) is 0 Å². The summed E-state index contributed by atoms with van der Waals surface area (Å²) in [6.07, 6.45) is 2.33. The fraction of sp³-hybridized carbons (Fsp3) is 0.471. The second-order valence-corrected chi connectivity index (χ2v) is 5.99. The van der Waals surface area contributed by atoms with Crippen LogP contribution in [-0.4, -0.2) is 36.0 Å². The van der Waals surface area contributed by atoms with Gasteiger partial charge in [0.05, 0.1) is 0 Å². The first-order chi connectivity index (χ1) is 10.1. The maximum atomic E-state index is 12.7. The fourth-order valence-corrected chi connectivity index (χ4v) is 2.91. The second-order valence-electron chi connectivity index (χ2n) is 5.99. The number of para-hydroxylation sites is 1. The lowest BCUT2D eigenvalue weighted by molar-refractivity contribution is 0.0659. The molecule has 0 aliphatic carbocycles. The van der Waals surface area contributed by atoms with E-state index in [1.54, 1.807) is 0 Å². The van der Waals surface area contributed by atoms with Gasteiger partial charge in [0.15, 0.2) is 5.76 Å². The average molecular weight is 286 g/mol. The summed E-state index contributed by atoms with van der Waals surface area (Å²) in [6.45, 7) is 5.90. The Kier molecular flexibility index (Phi) is 3.97. The number of fused-ring (bicyclic) bond motifs is 1. The van der Waals surface area contributed by atoms with Crippen molar-refractivity contribution in [3.8, 4) is 0 Å². The summed E-state index contributed by atoms with van der Waals surface area (Å²) >= 11 is 0. The first-order valence-corrected chi connectivity index (χ1v) is 7.68. The lowest BCUT2D eigenvalue weighted by Gasteiger charge is -2.28. The molecule has 0 saturated carbocycles. The molecule has 0 spiro atoms. The van der Waals surface area contributed by atoms with E-state index in [0.29, 0.717) is 11.8 Å². The standard InChI is InChI=1S/C17H22N2O2/c1-12(2)19(11-14-7-5-9-18-14)17(20)16-10-13-6-3-4-8-15(13)21-16/h3-4,6,8,10,12,14,18H,5,7,9,11H2,1-2H3. The number of carbonyl (C=O) groups excluding carboxylic acids is 1. The van der Waals surface area contributed by atoms with E-state index in [9.17, 15) is 4.79 Å². The molecule has 112 valence electrons. The topological polar surface area (TPSA) is 45.5 Å². The Bertz CT molecular complexity index is 594. The Morgan fingerprint density at radius 2 is 2.24 bits per heavy atom. The first-order valence-electron chi connectivity index (χ1n) is 7.68. The molecule has 1 saturated heterocycles. The van der Waals surface area contributed by atoms with Crippen LogP contribution in [0.15, 0.2) is 34.7 Å². The quantitative estimate of drug-likeness (QED) is 0.939. The zero-order chi connectivity index (χ0) is 14.8. The van der Waals surface area contributed by atoms with Gasteiger partial charge in [-0.2, -0.15) is 0 Å². The third kappa shape index (κ3) is 2.95. The van der Waals surface area contributed by atoms with Crippen LogP contribution in [0, 0.1) is 0 Å². The predicted molar refractivity (Wildman–Crippen MR) is 83.4 cm³/mol. The maximum Gasteiger partial charge on any atom is 0.289 e. The molecule has 0 radical (unpaired) electrons. The molecule has 1 unspecified atom stereocenters. The first kappa shape index (κ1) is 14.1. The minimum absolute atomic E-state index is 0.0186. The summed E-state index contributed by atoms with van der Waals surface area (Å²) in [4.78, 5) is 14.7. The van der Waals surface area contributed by atoms with Gasteiger partial charge in [0.1, 0.15) is 5.58 Å². The smallest absolute Gasteiger partial charge is 0.289 e. The van der Waals surface area contributed by atoms with Crippen molar-refractivity contribution in [2.75, 3.05) is 13.1 Å². The highest BCUT2D eigenvalue weighted by atomic mass is 16.3. The summed E-state index contributed by atoms with van der Waals surface area (Å²) in [6, 6.07) is 10.1. The number of furan rings is 1. The van der Waals surface area contributed by atoms with E-state index >= 15 is 0 Å². The number of amides is 1. The van der Waals surface area contributed by atoms with Crippen molar-refractivity contribution in [3.63, 3.8) is 0 Å². The Labute approximate surface area is 125 Å². The highest BCUT2D eigenvalue weighted by Gasteiger charge is 2.26. The number of benzene rings is 1. The molecule has 1 amide bonds. The van der Waals surface area contributed by atoms with Crippen LogP contribution in [0.5, 0.6) is 0 Å². The van der Waals surface area contributed by atoms with Gasteiger partial charge in [-0.1, -0.05) is 18.2 Å². The van der Waals surface area contributed by atoms with Crippen molar-refractivity contribution in [2.45, 2.75) is 38.8 Å². The number of hydrogen-bond acceptors (Lipinski definition) is 3. The van der Waals surface area contributed by atoms with Crippen LogP contribution in [0.25, 0.3) is 11.0 Å². The Morgan fingerprint density at radius 3 is 2.90 bits per heavy atom. The van der Waals surface area contributed by atoms with Crippen molar-refractivity contribution in [2.24, 2.45) is 0 Å². The maximum absolute atomic E-state index is 12.7. The summed E-state index contributed by atoms with van der Waals surface area (Å²) in [5.41, 5.74) is 0.767. The van der Waals surface area contributed by atoms with E-state index in [0.717, 1.165) is 30.5 Å². The van der Waals surface area contributed by atoms with Gasteiger partial charge in [-0.05, 0) is 45.4 Å². The van der Waals surface area contributed by atoms with Gasteiger partial charge in [0, 0.05) is 24.0 Å². The molecular weight excluding hydrogens is 264 g/mol. The van der Waals surface area contributed by atoms with Crippen molar-refractivity contribution in [1.29, 1.82) is 0 Å². The van der Waals surface area contributed by atoms with Gasteiger partial charge in [-0.25, -0.2) is 0 Å². The summed E-state index contributed by atoms with van der Waals surface area (Å²) < 4.78 is 5.71. The van der Waals surface area contributed by atoms with Crippen LogP contribution in [0.3, 0.4) is 0 Å². The van der Waals surface area contributed by atoms with Gasteiger partial charge in [-0.3, -0.25) is 4.79 Å². The molecule has 2 heterocycles. The molecule has 4 heteroatoms. The van der Waals surface area contributed by atoms with Crippen LogP contribution >= 0.6 is 0 Å². The normalized spacial score (nSPS) is 18.5. The molecule has 2 aromatic rings. The van der Waals surface area contributed by atoms with E-state index in [1.807, 2.05) is 35.2 Å². The van der Waals surface area contributed by atoms with Crippen LogP contribution < -0.4 is 5.32 Å². The second kappa shape index (κ2) is 5.90. The lowest BCUT2D eigenvalue weighted by atomic mass is 10.1. The third-order valence-corrected chi connectivity index (χ3v) is 4.10. The summed E-state index contributed by atoms with van der Waals surface area (Å²) in [7, 11) is 0. The van der Waals surface area contributed by atoms with Gasteiger partial charge < -0.3 is 14.6 Å². The monoisotopic (exact) mass is 286 g/mol. The van der Waals surface area contributed by atoms with Crippen LogP contribution in [0.2, 0.25) is 0 Å². The van der Waals surface area contributed by atoms with Crippen molar-refractivity contribution >= 4 is 16.9 Å². The molecule has 1 aliphatic rings. The van der Waals surface area contributed by atoms with Crippen LogP contribution in [0.4, 0.5) is 0 Å². The zero-order valence-electron chi connectivity index (χ0n) is 12.6. The van der Waals surface area contributed by atoms with Gasteiger partial charge in [0.25, 0.3) is 5.91 Å². The van der Waals surface area contributed by atoms with Gasteiger partial charge in [-0.15, -0.1) is 0 Å². The van der Waals surface area contributed by atoms with E-state index in [2.05, 4.69) is 19.2 Å².